The largest absolute Gasteiger partial charge is 0.483 e. The molecular formula is C31H34N4O5. The van der Waals surface area contributed by atoms with Crippen molar-refractivity contribution in [1.29, 1.82) is 0 Å². The number of carbonyl (C=O) groups excluding carboxylic acids is 1. The van der Waals surface area contributed by atoms with Gasteiger partial charge in [0, 0.05) is 55.1 Å². The second kappa shape index (κ2) is 9.37. The van der Waals surface area contributed by atoms with Gasteiger partial charge in [-0.05, 0) is 75.4 Å². The van der Waals surface area contributed by atoms with E-state index in [9.17, 15) is 14.4 Å². The van der Waals surface area contributed by atoms with Crippen molar-refractivity contribution >= 4 is 11.5 Å². The van der Waals surface area contributed by atoms with Crippen molar-refractivity contribution < 1.29 is 14.3 Å². The summed E-state index contributed by atoms with van der Waals surface area (Å²) in [6.07, 6.45) is 5.80. The summed E-state index contributed by atoms with van der Waals surface area (Å²) < 4.78 is 16.2. The molecule has 0 radical (unpaired) electrons. The Labute approximate surface area is 232 Å². The van der Waals surface area contributed by atoms with Gasteiger partial charge in [0.05, 0.1) is 12.2 Å². The molecule has 7 rings (SSSR count). The second-order valence-electron chi connectivity index (χ2n) is 11.7. The van der Waals surface area contributed by atoms with E-state index in [1.807, 2.05) is 26.0 Å². The summed E-state index contributed by atoms with van der Waals surface area (Å²) in [6, 6.07) is 12.6. The summed E-state index contributed by atoms with van der Waals surface area (Å²) in [7, 11) is 0. The number of hydrogen-bond acceptors (Lipinski definition) is 6. The Morgan fingerprint density at radius 1 is 0.925 bits per heavy atom. The SMILES string of the molecule is CC1(C)Oc2cc(N3CCCC3)ccc2C2C1=CCn1c(=O)n(-c3ccc(C(=O)C4CCOCC4)cc3)c(=O)n12. The van der Waals surface area contributed by atoms with Crippen molar-refractivity contribution in [2.75, 3.05) is 31.2 Å². The lowest BCUT2D eigenvalue weighted by molar-refractivity contribution is 0.0545. The van der Waals surface area contributed by atoms with Gasteiger partial charge in [0.1, 0.15) is 17.4 Å². The maximum absolute atomic E-state index is 14.0. The fourth-order valence-electron chi connectivity index (χ4n) is 6.75. The Bertz CT molecular complexity index is 1630. The van der Waals surface area contributed by atoms with Gasteiger partial charge in [0.2, 0.25) is 0 Å². The van der Waals surface area contributed by atoms with E-state index < -0.39 is 23.0 Å². The average molecular weight is 543 g/mol. The molecule has 2 fully saturated rings. The highest BCUT2D eigenvalue weighted by Gasteiger charge is 2.44. The number of Topliss-reactive ketones (excluding diaryl/α,β-unsaturated/α-hetero) is 1. The van der Waals surface area contributed by atoms with Crippen LogP contribution in [-0.4, -0.2) is 51.6 Å². The molecule has 9 heteroatoms. The van der Waals surface area contributed by atoms with Gasteiger partial charge in [0.25, 0.3) is 0 Å². The van der Waals surface area contributed by atoms with E-state index >= 15 is 0 Å². The lowest BCUT2D eigenvalue weighted by Gasteiger charge is -2.42. The summed E-state index contributed by atoms with van der Waals surface area (Å²) in [5.41, 5.74) is 2.55. The number of allylic oxidation sites excluding steroid dienone is 1. The van der Waals surface area contributed by atoms with Crippen LogP contribution in [0.5, 0.6) is 5.75 Å². The van der Waals surface area contributed by atoms with E-state index in [0.29, 0.717) is 37.3 Å². The van der Waals surface area contributed by atoms with Gasteiger partial charge in [-0.1, -0.05) is 12.1 Å². The van der Waals surface area contributed by atoms with Gasteiger partial charge in [-0.3, -0.25) is 4.79 Å². The maximum atomic E-state index is 14.0. The smallest absolute Gasteiger partial charge is 0.352 e. The lowest BCUT2D eigenvalue weighted by Crippen LogP contribution is -2.46. The van der Waals surface area contributed by atoms with Crippen molar-refractivity contribution in [2.24, 2.45) is 5.92 Å². The van der Waals surface area contributed by atoms with E-state index in [1.54, 1.807) is 28.9 Å². The third-order valence-corrected chi connectivity index (χ3v) is 8.91. The molecule has 0 amide bonds. The first-order valence-electron chi connectivity index (χ1n) is 14.3. The number of ether oxygens (including phenoxy) is 2. The molecule has 0 N–H and O–H groups in total. The van der Waals surface area contributed by atoms with E-state index in [0.717, 1.165) is 35.7 Å². The summed E-state index contributed by atoms with van der Waals surface area (Å²) in [5.74, 6) is 0.772. The molecule has 4 aliphatic heterocycles. The van der Waals surface area contributed by atoms with Crippen LogP contribution in [0.2, 0.25) is 0 Å². The minimum atomic E-state index is -0.643. The molecule has 2 aromatic carbocycles. The first-order valence-corrected chi connectivity index (χ1v) is 14.3. The number of benzene rings is 2. The molecule has 40 heavy (non-hydrogen) atoms. The number of ketones is 1. The third-order valence-electron chi connectivity index (χ3n) is 8.91. The molecule has 2 saturated heterocycles. The van der Waals surface area contributed by atoms with Crippen molar-refractivity contribution in [3.05, 3.63) is 86.2 Å². The van der Waals surface area contributed by atoms with Crippen molar-refractivity contribution in [1.82, 2.24) is 13.9 Å². The Hall–Kier alpha value is -3.85. The van der Waals surface area contributed by atoms with E-state index in [-0.39, 0.29) is 18.2 Å². The van der Waals surface area contributed by atoms with Crippen LogP contribution in [0.1, 0.15) is 61.5 Å². The molecule has 0 spiro atoms. The summed E-state index contributed by atoms with van der Waals surface area (Å²) in [6.45, 7) is 7.55. The minimum absolute atomic E-state index is 0.0536. The normalized spacial score (nSPS) is 21.7. The standard InChI is InChI=1S/C31H34N4O5/c1-31(2)25-11-16-33-29(37)34(22-7-5-20(6-8-22)28(36)21-12-17-39-18-13-21)30(38)35(33)27(25)24-10-9-23(19-26(24)40-31)32-14-3-4-15-32/h5-11,19,21,27H,3-4,12-18H2,1-2H3. The minimum Gasteiger partial charge on any atom is -0.483 e. The van der Waals surface area contributed by atoms with Crippen LogP contribution in [0.3, 0.4) is 0 Å². The second-order valence-corrected chi connectivity index (χ2v) is 11.7. The molecule has 0 aliphatic carbocycles. The van der Waals surface area contributed by atoms with E-state index in [4.69, 9.17) is 9.47 Å². The fraction of sp³-hybridized carbons (Fsp3) is 0.452. The van der Waals surface area contributed by atoms with Crippen LogP contribution < -0.4 is 21.0 Å². The number of anilines is 1. The van der Waals surface area contributed by atoms with Gasteiger partial charge >= 0.3 is 11.4 Å². The predicted molar refractivity (Wildman–Crippen MR) is 151 cm³/mol. The molecule has 9 nitrogen and oxygen atoms in total. The van der Waals surface area contributed by atoms with Crippen LogP contribution >= 0.6 is 0 Å². The fourth-order valence-corrected chi connectivity index (χ4v) is 6.75. The van der Waals surface area contributed by atoms with E-state index in [2.05, 4.69) is 17.0 Å². The number of nitrogens with zero attached hydrogens (tertiary/aromatic N) is 4. The Balaban J connectivity index is 1.28. The molecule has 0 saturated carbocycles. The quantitative estimate of drug-likeness (QED) is 0.369. The molecule has 3 aromatic rings. The monoisotopic (exact) mass is 542 g/mol. The molecule has 5 heterocycles. The number of carbonyl (C=O) groups is 1. The topological polar surface area (TPSA) is 87.7 Å². The van der Waals surface area contributed by atoms with Crippen LogP contribution in [0.25, 0.3) is 5.69 Å². The van der Waals surface area contributed by atoms with Crippen molar-refractivity contribution in [3.63, 3.8) is 0 Å². The van der Waals surface area contributed by atoms with E-state index in [1.165, 1.54) is 22.1 Å². The van der Waals surface area contributed by atoms with Crippen LogP contribution in [0.4, 0.5) is 5.69 Å². The highest BCUT2D eigenvalue weighted by Crippen LogP contribution is 2.47. The Kier molecular flexibility index (Phi) is 5.89. The number of hydrogen-bond donors (Lipinski definition) is 0. The molecule has 4 aliphatic rings. The summed E-state index contributed by atoms with van der Waals surface area (Å²) >= 11 is 0. The van der Waals surface area contributed by atoms with Crippen LogP contribution in [0.15, 0.2) is 63.7 Å². The van der Waals surface area contributed by atoms with Crippen LogP contribution in [0, 0.1) is 5.92 Å². The highest BCUT2D eigenvalue weighted by molar-refractivity contribution is 5.98. The molecule has 208 valence electrons. The molecule has 1 atom stereocenters. The van der Waals surface area contributed by atoms with Gasteiger partial charge in [-0.15, -0.1) is 0 Å². The van der Waals surface area contributed by atoms with Crippen molar-refractivity contribution in [3.8, 4) is 11.4 Å². The Morgan fingerprint density at radius 3 is 2.35 bits per heavy atom. The van der Waals surface area contributed by atoms with Gasteiger partial charge < -0.3 is 14.4 Å². The molecule has 1 unspecified atom stereocenters. The first kappa shape index (κ1) is 25.1. The molecular weight excluding hydrogens is 508 g/mol. The molecule has 0 bridgehead atoms. The highest BCUT2D eigenvalue weighted by atomic mass is 16.5. The van der Waals surface area contributed by atoms with Gasteiger partial charge in [-0.2, -0.15) is 0 Å². The molecule has 1 aromatic heterocycles. The third kappa shape index (κ3) is 3.90. The lowest BCUT2D eigenvalue weighted by atomic mass is 9.83. The van der Waals surface area contributed by atoms with Crippen molar-refractivity contribution in [2.45, 2.75) is 57.7 Å². The zero-order valence-electron chi connectivity index (χ0n) is 23.0. The maximum Gasteiger partial charge on any atom is 0.352 e. The number of aromatic nitrogens is 3. The number of rotatable bonds is 4. The zero-order chi connectivity index (χ0) is 27.6. The van der Waals surface area contributed by atoms with Gasteiger partial charge in [0.15, 0.2) is 5.78 Å². The van der Waals surface area contributed by atoms with Gasteiger partial charge in [-0.25, -0.2) is 23.5 Å². The Morgan fingerprint density at radius 2 is 1.62 bits per heavy atom. The predicted octanol–water partition coefficient (Wildman–Crippen LogP) is 3.71. The summed E-state index contributed by atoms with van der Waals surface area (Å²) in [5, 5.41) is 0. The first-order chi connectivity index (χ1) is 19.3. The summed E-state index contributed by atoms with van der Waals surface area (Å²) in [4.78, 5) is 43.0. The zero-order valence-corrected chi connectivity index (χ0v) is 23.0. The average Bonchev–Trinajstić information content (AvgIpc) is 3.59. The number of fused-ring (bicyclic) bond motifs is 5. The van der Waals surface area contributed by atoms with Crippen LogP contribution in [-0.2, 0) is 11.3 Å².